The molecule has 2 heterocycles. The van der Waals surface area contributed by atoms with Gasteiger partial charge in [-0.25, -0.2) is 4.98 Å². The second kappa shape index (κ2) is 7.29. The summed E-state index contributed by atoms with van der Waals surface area (Å²) in [5.41, 5.74) is 6.28. The first-order valence-corrected chi connectivity index (χ1v) is 8.20. The quantitative estimate of drug-likeness (QED) is 0.878. The average molecular weight is 327 g/mol. The zero-order valence-electron chi connectivity index (χ0n) is 13.5. The molecule has 1 unspecified atom stereocenters. The van der Waals surface area contributed by atoms with Crippen LogP contribution in [-0.2, 0) is 16.0 Å². The fourth-order valence-electron chi connectivity index (χ4n) is 2.93. The second-order valence-electron chi connectivity index (χ2n) is 6.07. The second-order valence-corrected chi connectivity index (χ2v) is 6.07. The van der Waals surface area contributed by atoms with E-state index in [1.807, 2.05) is 30.3 Å². The van der Waals surface area contributed by atoms with Gasteiger partial charge in [-0.1, -0.05) is 30.3 Å². The minimum Gasteiger partial charge on any atom is -0.441 e. The smallest absolute Gasteiger partial charge is 0.222 e. The van der Waals surface area contributed by atoms with Gasteiger partial charge in [0.2, 0.25) is 11.8 Å². The Labute approximate surface area is 140 Å². The van der Waals surface area contributed by atoms with E-state index < -0.39 is 0 Å². The van der Waals surface area contributed by atoms with Gasteiger partial charge in [-0.15, -0.1) is 0 Å². The maximum Gasteiger partial charge on any atom is 0.222 e. The monoisotopic (exact) mass is 327 g/mol. The van der Waals surface area contributed by atoms with Gasteiger partial charge in [0.25, 0.3) is 0 Å². The van der Waals surface area contributed by atoms with Gasteiger partial charge < -0.3 is 15.1 Å². The average Bonchev–Trinajstić information content (AvgIpc) is 3.25. The van der Waals surface area contributed by atoms with Crippen LogP contribution in [0.2, 0.25) is 0 Å². The number of amides is 2. The van der Waals surface area contributed by atoms with E-state index >= 15 is 0 Å². The molecule has 6 nitrogen and oxygen atoms in total. The number of nitrogens with zero attached hydrogens (tertiary/aromatic N) is 2. The Morgan fingerprint density at radius 1 is 1.29 bits per heavy atom. The number of aromatic nitrogens is 1. The predicted molar refractivity (Wildman–Crippen MR) is 88.8 cm³/mol. The first-order valence-electron chi connectivity index (χ1n) is 8.20. The van der Waals surface area contributed by atoms with Crippen molar-refractivity contribution in [3.05, 3.63) is 42.4 Å². The Morgan fingerprint density at radius 2 is 2.08 bits per heavy atom. The molecule has 0 aliphatic carbocycles. The number of carbonyl (C=O) groups is 2. The van der Waals surface area contributed by atoms with Gasteiger partial charge in [0.05, 0.1) is 12.1 Å². The van der Waals surface area contributed by atoms with E-state index in [-0.39, 0.29) is 17.7 Å². The Morgan fingerprint density at radius 3 is 2.79 bits per heavy atom. The van der Waals surface area contributed by atoms with Crippen LogP contribution in [0.3, 0.4) is 0 Å². The number of aryl methyl sites for hydroxylation is 1. The van der Waals surface area contributed by atoms with Crippen molar-refractivity contribution in [3.63, 3.8) is 0 Å². The molecule has 1 aromatic carbocycles. The molecular weight excluding hydrogens is 306 g/mol. The van der Waals surface area contributed by atoms with Crippen molar-refractivity contribution in [1.82, 2.24) is 9.88 Å². The summed E-state index contributed by atoms with van der Waals surface area (Å²) in [6.07, 6.45) is 4.09. The number of hydrogen-bond donors (Lipinski definition) is 1. The summed E-state index contributed by atoms with van der Waals surface area (Å²) in [5, 5.41) is 0. The topological polar surface area (TPSA) is 89.4 Å². The maximum atomic E-state index is 12.2. The minimum absolute atomic E-state index is 0.0635. The van der Waals surface area contributed by atoms with E-state index in [9.17, 15) is 9.59 Å². The summed E-state index contributed by atoms with van der Waals surface area (Å²) >= 11 is 0. The van der Waals surface area contributed by atoms with Crippen LogP contribution in [0.5, 0.6) is 0 Å². The third-order valence-electron chi connectivity index (χ3n) is 4.34. The van der Waals surface area contributed by atoms with E-state index in [1.54, 1.807) is 11.1 Å². The van der Waals surface area contributed by atoms with E-state index in [2.05, 4.69) is 4.98 Å². The molecule has 1 aliphatic rings. The van der Waals surface area contributed by atoms with E-state index in [4.69, 9.17) is 10.2 Å². The molecule has 2 N–H and O–H groups in total. The van der Waals surface area contributed by atoms with Crippen LogP contribution < -0.4 is 5.73 Å². The molecule has 2 amide bonds. The van der Waals surface area contributed by atoms with Crippen molar-refractivity contribution in [2.75, 3.05) is 13.1 Å². The van der Waals surface area contributed by atoms with Gasteiger partial charge in [-0.2, -0.15) is 0 Å². The van der Waals surface area contributed by atoms with Crippen molar-refractivity contribution in [1.29, 1.82) is 0 Å². The molecule has 1 aromatic heterocycles. The lowest BCUT2D eigenvalue weighted by atomic mass is 10.1. The number of hydrogen-bond acceptors (Lipinski definition) is 4. The number of oxazole rings is 1. The van der Waals surface area contributed by atoms with Crippen LogP contribution >= 0.6 is 0 Å². The Hall–Kier alpha value is -2.63. The number of carbonyl (C=O) groups excluding carboxylic acids is 2. The van der Waals surface area contributed by atoms with Gasteiger partial charge in [-0.05, 0) is 12.8 Å². The van der Waals surface area contributed by atoms with E-state index in [0.717, 1.165) is 11.3 Å². The summed E-state index contributed by atoms with van der Waals surface area (Å²) in [4.78, 5) is 29.3. The van der Waals surface area contributed by atoms with E-state index in [0.29, 0.717) is 44.7 Å². The number of likely N-dealkylation sites (tertiary alicyclic amines) is 1. The molecule has 1 aliphatic heterocycles. The molecular formula is C18H21N3O3. The van der Waals surface area contributed by atoms with Gasteiger partial charge in [-0.3, -0.25) is 9.59 Å². The molecule has 24 heavy (non-hydrogen) atoms. The van der Waals surface area contributed by atoms with Gasteiger partial charge in [0, 0.05) is 31.5 Å². The molecule has 0 spiro atoms. The molecule has 1 fully saturated rings. The summed E-state index contributed by atoms with van der Waals surface area (Å²) < 4.78 is 5.73. The molecule has 2 aromatic rings. The van der Waals surface area contributed by atoms with Crippen molar-refractivity contribution < 1.29 is 14.0 Å². The molecule has 3 rings (SSSR count). The zero-order valence-corrected chi connectivity index (χ0v) is 13.5. The third kappa shape index (κ3) is 3.82. The van der Waals surface area contributed by atoms with Crippen molar-refractivity contribution in [2.24, 2.45) is 11.7 Å². The summed E-state index contributed by atoms with van der Waals surface area (Å²) in [6, 6.07) is 9.79. The predicted octanol–water partition coefficient (Wildman–Crippen LogP) is 2.00. The minimum atomic E-state index is -0.321. The Balaban J connectivity index is 1.46. The summed E-state index contributed by atoms with van der Waals surface area (Å²) in [5.74, 6) is 0.917. The number of rotatable bonds is 6. The highest BCUT2D eigenvalue weighted by molar-refractivity contribution is 5.81. The van der Waals surface area contributed by atoms with Crippen molar-refractivity contribution >= 4 is 11.8 Å². The summed E-state index contributed by atoms with van der Waals surface area (Å²) in [6.45, 7) is 1.06. The molecule has 1 atom stereocenters. The molecule has 0 bridgehead atoms. The van der Waals surface area contributed by atoms with E-state index in [1.165, 1.54) is 0 Å². The lowest BCUT2D eigenvalue weighted by Gasteiger charge is -2.15. The highest BCUT2D eigenvalue weighted by atomic mass is 16.4. The van der Waals surface area contributed by atoms with Crippen LogP contribution in [0.15, 0.2) is 40.9 Å². The number of nitrogens with two attached hydrogens (primary N) is 1. The van der Waals surface area contributed by atoms with Gasteiger partial charge >= 0.3 is 0 Å². The summed E-state index contributed by atoms with van der Waals surface area (Å²) in [7, 11) is 0. The van der Waals surface area contributed by atoms with Crippen LogP contribution in [-0.4, -0.2) is 34.8 Å². The van der Waals surface area contributed by atoms with Crippen molar-refractivity contribution in [2.45, 2.75) is 25.7 Å². The number of primary amides is 1. The van der Waals surface area contributed by atoms with Gasteiger partial charge in [0.15, 0.2) is 11.7 Å². The maximum absolute atomic E-state index is 12.2. The normalized spacial score (nSPS) is 17.2. The van der Waals surface area contributed by atoms with Crippen LogP contribution in [0.4, 0.5) is 0 Å². The largest absolute Gasteiger partial charge is 0.441 e. The highest BCUT2D eigenvalue weighted by Gasteiger charge is 2.29. The third-order valence-corrected chi connectivity index (χ3v) is 4.34. The fourth-order valence-corrected chi connectivity index (χ4v) is 2.93. The molecule has 0 saturated carbocycles. The molecule has 1 saturated heterocycles. The first kappa shape index (κ1) is 16.2. The van der Waals surface area contributed by atoms with Crippen LogP contribution in [0, 0.1) is 5.92 Å². The highest BCUT2D eigenvalue weighted by Crippen LogP contribution is 2.21. The van der Waals surface area contributed by atoms with Crippen molar-refractivity contribution in [3.8, 4) is 11.3 Å². The lowest BCUT2D eigenvalue weighted by Crippen LogP contribution is -2.31. The molecule has 6 heteroatoms. The fraction of sp³-hybridized carbons (Fsp3) is 0.389. The van der Waals surface area contributed by atoms with Crippen LogP contribution in [0.25, 0.3) is 11.3 Å². The Bertz CT molecular complexity index is 711. The standard InChI is InChI=1S/C18H21N3O3/c19-18(23)14-9-10-21(12-14)17(22)8-4-7-16-20-11-15(24-16)13-5-2-1-3-6-13/h1-3,5-6,11,14H,4,7-10,12H2,(H2,19,23). The number of benzene rings is 1. The Kier molecular flexibility index (Phi) is 4.93. The van der Waals surface area contributed by atoms with Gasteiger partial charge in [0.1, 0.15) is 0 Å². The molecule has 126 valence electrons. The SMILES string of the molecule is NC(=O)C1CCN(C(=O)CCCc2ncc(-c3ccccc3)o2)C1. The first-order chi connectivity index (χ1) is 11.6. The molecule has 0 radical (unpaired) electrons. The van der Waals surface area contributed by atoms with Crippen LogP contribution in [0.1, 0.15) is 25.2 Å². The zero-order chi connectivity index (χ0) is 16.9. The lowest BCUT2D eigenvalue weighted by molar-refractivity contribution is -0.130.